The Morgan fingerprint density at radius 1 is 1.37 bits per heavy atom. The molecule has 0 aromatic carbocycles. The molecule has 2 atom stereocenters. The van der Waals surface area contributed by atoms with Crippen molar-refractivity contribution >= 4 is 21.6 Å². The topological polar surface area (TPSA) is 46.9 Å². The molecule has 19 heavy (non-hydrogen) atoms. The van der Waals surface area contributed by atoms with E-state index >= 15 is 0 Å². The van der Waals surface area contributed by atoms with Gasteiger partial charge in [-0.05, 0) is 34.7 Å². The van der Waals surface area contributed by atoms with Crippen LogP contribution in [0.3, 0.4) is 0 Å². The van der Waals surface area contributed by atoms with Gasteiger partial charge in [0.25, 0.3) is 5.56 Å². The lowest BCUT2D eigenvalue weighted by molar-refractivity contribution is 0.461. The summed E-state index contributed by atoms with van der Waals surface area (Å²) in [7, 11) is 0. The van der Waals surface area contributed by atoms with Crippen LogP contribution in [0.1, 0.15) is 41.0 Å². The lowest BCUT2D eigenvalue weighted by atomic mass is 10.0. The Morgan fingerprint density at radius 3 is 2.53 bits per heavy atom. The maximum Gasteiger partial charge on any atom is 0.283 e. The predicted molar refractivity (Wildman–Crippen MR) is 83.6 cm³/mol. The van der Waals surface area contributed by atoms with Crippen molar-refractivity contribution in [1.82, 2.24) is 9.78 Å². The molecule has 4 nitrogen and oxygen atoms in total. The first-order valence-corrected chi connectivity index (χ1v) is 7.68. The minimum absolute atomic E-state index is 0.0740. The van der Waals surface area contributed by atoms with Gasteiger partial charge in [-0.15, -0.1) is 0 Å². The summed E-state index contributed by atoms with van der Waals surface area (Å²) in [6.45, 7) is 11.3. The number of hydrogen-bond donors (Lipinski definition) is 1. The maximum atomic E-state index is 12.2. The van der Waals surface area contributed by atoms with Crippen molar-refractivity contribution in [1.29, 1.82) is 0 Å². The van der Waals surface area contributed by atoms with Crippen molar-refractivity contribution in [3.8, 4) is 0 Å². The van der Waals surface area contributed by atoms with E-state index in [-0.39, 0.29) is 5.56 Å². The first-order chi connectivity index (χ1) is 8.86. The van der Waals surface area contributed by atoms with Crippen LogP contribution in [-0.2, 0) is 6.54 Å². The van der Waals surface area contributed by atoms with Gasteiger partial charge in [0.05, 0.1) is 11.9 Å². The molecular weight excluding hydrogens is 306 g/mol. The Bertz CT molecular complexity index is 470. The second-order valence-electron chi connectivity index (χ2n) is 5.57. The van der Waals surface area contributed by atoms with Gasteiger partial charge in [0.15, 0.2) is 0 Å². The number of rotatable bonds is 6. The van der Waals surface area contributed by atoms with Crippen LogP contribution in [0.15, 0.2) is 15.5 Å². The summed E-state index contributed by atoms with van der Waals surface area (Å²) in [5.41, 5.74) is 0.702. The van der Waals surface area contributed by atoms with Gasteiger partial charge in [-0.1, -0.05) is 34.1 Å². The molecule has 2 unspecified atom stereocenters. The van der Waals surface area contributed by atoms with E-state index in [4.69, 9.17) is 0 Å². The molecule has 0 aliphatic carbocycles. The number of aromatic nitrogens is 2. The number of nitrogens with zero attached hydrogens (tertiary/aromatic N) is 2. The summed E-state index contributed by atoms with van der Waals surface area (Å²) in [6.07, 6.45) is 2.83. The second-order valence-corrected chi connectivity index (χ2v) is 6.36. The third-order valence-corrected chi connectivity index (χ3v) is 4.17. The molecule has 0 spiro atoms. The normalized spacial score (nSPS) is 14.5. The Kier molecular flexibility index (Phi) is 6.04. The van der Waals surface area contributed by atoms with E-state index in [1.54, 1.807) is 6.20 Å². The molecule has 1 heterocycles. The number of halogens is 1. The highest BCUT2D eigenvalue weighted by atomic mass is 79.9. The standard InChI is InChI=1S/C14H24BrN3O/c1-6-10(4)11(5)17-12-7-16-18(8-9(2)3)14(19)13(12)15/h7,9-11,17H,6,8H2,1-5H3. The fourth-order valence-electron chi connectivity index (χ4n) is 1.78. The van der Waals surface area contributed by atoms with E-state index in [0.29, 0.717) is 28.9 Å². The average molecular weight is 330 g/mol. The SMILES string of the molecule is CCC(C)C(C)Nc1cnn(CC(C)C)c(=O)c1Br. The zero-order valence-electron chi connectivity index (χ0n) is 12.4. The van der Waals surface area contributed by atoms with E-state index in [1.165, 1.54) is 4.68 Å². The molecule has 0 fully saturated rings. The van der Waals surface area contributed by atoms with Gasteiger partial charge in [-0.25, -0.2) is 4.68 Å². The number of hydrogen-bond acceptors (Lipinski definition) is 3. The van der Waals surface area contributed by atoms with Crippen molar-refractivity contribution in [3.05, 3.63) is 21.0 Å². The molecule has 1 aromatic heterocycles. The zero-order chi connectivity index (χ0) is 14.6. The largest absolute Gasteiger partial charge is 0.380 e. The lowest BCUT2D eigenvalue weighted by Crippen LogP contribution is -2.29. The molecule has 0 aliphatic heterocycles. The molecule has 0 bridgehead atoms. The smallest absolute Gasteiger partial charge is 0.283 e. The van der Waals surface area contributed by atoms with Gasteiger partial charge >= 0.3 is 0 Å². The number of nitrogens with one attached hydrogen (secondary N) is 1. The van der Waals surface area contributed by atoms with E-state index in [9.17, 15) is 4.79 Å². The lowest BCUT2D eigenvalue weighted by Gasteiger charge is -2.21. The first-order valence-electron chi connectivity index (χ1n) is 6.88. The Morgan fingerprint density at radius 2 is 2.00 bits per heavy atom. The van der Waals surface area contributed by atoms with E-state index < -0.39 is 0 Å². The summed E-state index contributed by atoms with van der Waals surface area (Å²) in [6, 6.07) is 0.309. The molecule has 0 saturated heterocycles. The summed E-state index contributed by atoms with van der Waals surface area (Å²) in [5, 5.41) is 7.59. The average Bonchev–Trinajstić information content (AvgIpc) is 2.36. The molecular formula is C14H24BrN3O. The molecule has 0 saturated carbocycles. The van der Waals surface area contributed by atoms with Crippen LogP contribution >= 0.6 is 15.9 Å². The van der Waals surface area contributed by atoms with Gasteiger partial charge in [-0.2, -0.15) is 5.10 Å². The molecule has 0 radical (unpaired) electrons. The minimum atomic E-state index is -0.0740. The van der Waals surface area contributed by atoms with Crippen molar-refractivity contribution in [2.24, 2.45) is 11.8 Å². The highest BCUT2D eigenvalue weighted by molar-refractivity contribution is 9.10. The molecule has 1 N–H and O–H groups in total. The molecule has 1 aromatic rings. The fourth-order valence-corrected chi connectivity index (χ4v) is 2.20. The Labute approximate surface area is 123 Å². The van der Waals surface area contributed by atoms with E-state index in [2.05, 4.69) is 61.0 Å². The van der Waals surface area contributed by atoms with Gasteiger partial charge in [0.1, 0.15) is 4.47 Å². The highest BCUT2D eigenvalue weighted by Gasteiger charge is 2.14. The van der Waals surface area contributed by atoms with Gasteiger partial charge < -0.3 is 5.32 Å². The van der Waals surface area contributed by atoms with Crippen LogP contribution in [0.2, 0.25) is 0 Å². The maximum absolute atomic E-state index is 12.2. The highest BCUT2D eigenvalue weighted by Crippen LogP contribution is 2.20. The van der Waals surface area contributed by atoms with Crippen LogP contribution in [0.25, 0.3) is 0 Å². The van der Waals surface area contributed by atoms with E-state index in [0.717, 1.165) is 12.1 Å². The van der Waals surface area contributed by atoms with Gasteiger partial charge in [0.2, 0.25) is 0 Å². The quantitative estimate of drug-likeness (QED) is 0.868. The summed E-state index contributed by atoms with van der Waals surface area (Å²) in [4.78, 5) is 12.2. The van der Waals surface area contributed by atoms with Crippen molar-refractivity contribution in [3.63, 3.8) is 0 Å². The molecule has 1 rings (SSSR count). The minimum Gasteiger partial charge on any atom is -0.380 e. The number of anilines is 1. The van der Waals surface area contributed by atoms with E-state index in [1.807, 2.05) is 0 Å². The van der Waals surface area contributed by atoms with Crippen LogP contribution in [-0.4, -0.2) is 15.8 Å². The van der Waals surface area contributed by atoms with Crippen LogP contribution in [0.5, 0.6) is 0 Å². The third kappa shape index (κ3) is 4.34. The van der Waals surface area contributed by atoms with Crippen LogP contribution in [0.4, 0.5) is 5.69 Å². The van der Waals surface area contributed by atoms with Gasteiger partial charge in [0, 0.05) is 12.6 Å². The summed E-state index contributed by atoms with van der Waals surface area (Å²) in [5.74, 6) is 0.944. The zero-order valence-corrected chi connectivity index (χ0v) is 14.0. The monoisotopic (exact) mass is 329 g/mol. The fraction of sp³-hybridized carbons (Fsp3) is 0.714. The first kappa shape index (κ1) is 16.2. The van der Waals surface area contributed by atoms with Gasteiger partial charge in [-0.3, -0.25) is 4.79 Å². The molecule has 0 amide bonds. The summed E-state index contributed by atoms with van der Waals surface area (Å²) >= 11 is 3.38. The van der Waals surface area contributed by atoms with Crippen molar-refractivity contribution in [2.75, 3.05) is 5.32 Å². The Hall–Kier alpha value is -0.840. The summed E-state index contributed by atoms with van der Waals surface area (Å²) < 4.78 is 2.08. The predicted octanol–water partition coefficient (Wildman–Crippen LogP) is 3.51. The van der Waals surface area contributed by atoms with Crippen molar-refractivity contribution in [2.45, 2.75) is 53.6 Å². The second kappa shape index (κ2) is 7.08. The molecule has 5 heteroatoms. The Balaban J connectivity index is 2.94. The molecule has 0 aliphatic rings. The van der Waals surface area contributed by atoms with Crippen molar-refractivity contribution < 1.29 is 0 Å². The van der Waals surface area contributed by atoms with Crippen LogP contribution in [0, 0.1) is 11.8 Å². The molecule has 108 valence electrons. The van der Waals surface area contributed by atoms with Crippen LogP contribution < -0.4 is 10.9 Å². The third-order valence-electron chi connectivity index (χ3n) is 3.40.